The maximum Gasteiger partial charge on any atom is 0.226 e. The first kappa shape index (κ1) is 16.4. The summed E-state index contributed by atoms with van der Waals surface area (Å²) in [5.41, 5.74) is -0.180. The summed E-state index contributed by atoms with van der Waals surface area (Å²) in [4.78, 5) is 12.1. The first-order valence-electron chi connectivity index (χ1n) is 7.25. The summed E-state index contributed by atoms with van der Waals surface area (Å²) in [6.45, 7) is 6.72. The van der Waals surface area contributed by atoms with Crippen molar-refractivity contribution in [2.45, 2.75) is 32.6 Å². The minimum absolute atomic E-state index is 0.180. The lowest BCUT2D eigenvalue weighted by Gasteiger charge is -2.32. The minimum atomic E-state index is -0.180. The second kappa shape index (κ2) is 9.28. The fraction of sp³-hybridized carbons (Fsp3) is 0.929. The lowest BCUT2D eigenvalue weighted by atomic mass is 9.80. The number of methoxy groups -OCH3 is 1. The third-order valence-corrected chi connectivity index (χ3v) is 3.69. The Labute approximate surface area is 116 Å². The van der Waals surface area contributed by atoms with E-state index in [2.05, 4.69) is 17.6 Å². The van der Waals surface area contributed by atoms with Gasteiger partial charge in [0.1, 0.15) is 0 Å². The van der Waals surface area contributed by atoms with Gasteiger partial charge in [0.2, 0.25) is 5.91 Å². The SMILES string of the molecule is COCCOCCCCNC(=O)C1(C)CCNCC1. The van der Waals surface area contributed by atoms with Crippen LogP contribution >= 0.6 is 0 Å². The van der Waals surface area contributed by atoms with E-state index in [9.17, 15) is 4.79 Å². The van der Waals surface area contributed by atoms with Crippen LogP contribution in [0.3, 0.4) is 0 Å². The molecule has 0 aromatic heterocycles. The van der Waals surface area contributed by atoms with Crippen molar-refractivity contribution in [3.05, 3.63) is 0 Å². The lowest BCUT2D eigenvalue weighted by molar-refractivity contribution is -0.131. The van der Waals surface area contributed by atoms with E-state index in [4.69, 9.17) is 9.47 Å². The van der Waals surface area contributed by atoms with Gasteiger partial charge in [-0.1, -0.05) is 6.92 Å². The van der Waals surface area contributed by atoms with Crippen LogP contribution in [-0.2, 0) is 14.3 Å². The van der Waals surface area contributed by atoms with Crippen LogP contribution in [-0.4, -0.2) is 52.5 Å². The van der Waals surface area contributed by atoms with E-state index in [1.54, 1.807) is 7.11 Å². The minimum Gasteiger partial charge on any atom is -0.382 e. The molecule has 0 aromatic carbocycles. The number of carbonyl (C=O) groups is 1. The molecule has 0 aromatic rings. The van der Waals surface area contributed by atoms with Gasteiger partial charge in [0, 0.05) is 25.7 Å². The molecule has 112 valence electrons. The van der Waals surface area contributed by atoms with Crippen LogP contribution in [0.2, 0.25) is 0 Å². The molecular formula is C14H28N2O3. The third kappa shape index (κ3) is 6.36. The normalized spacial score (nSPS) is 18.2. The van der Waals surface area contributed by atoms with Crippen LogP contribution in [0.25, 0.3) is 0 Å². The maximum absolute atomic E-state index is 12.1. The topological polar surface area (TPSA) is 59.6 Å². The van der Waals surface area contributed by atoms with Gasteiger partial charge in [0.15, 0.2) is 0 Å². The third-order valence-electron chi connectivity index (χ3n) is 3.69. The highest BCUT2D eigenvalue weighted by molar-refractivity contribution is 5.82. The zero-order valence-electron chi connectivity index (χ0n) is 12.3. The summed E-state index contributed by atoms with van der Waals surface area (Å²) in [7, 11) is 1.67. The van der Waals surface area contributed by atoms with Gasteiger partial charge in [-0.05, 0) is 38.8 Å². The van der Waals surface area contributed by atoms with E-state index in [-0.39, 0.29) is 11.3 Å². The molecular weight excluding hydrogens is 244 g/mol. The van der Waals surface area contributed by atoms with E-state index >= 15 is 0 Å². The monoisotopic (exact) mass is 272 g/mol. The second-order valence-electron chi connectivity index (χ2n) is 5.38. The Bertz CT molecular complexity index is 253. The zero-order chi connectivity index (χ0) is 14.0. The second-order valence-corrected chi connectivity index (χ2v) is 5.38. The van der Waals surface area contributed by atoms with Crippen LogP contribution in [0.15, 0.2) is 0 Å². The predicted octanol–water partition coefficient (Wildman–Crippen LogP) is 0.936. The van der Waals surface area contributed by atoms with E-state index in [1.807, 2.05) is 0 Å². The largest absolute Gasteiger partial charge is 0.382 e. The molecule has 0 bridgehead atoms. The van der Waals surface area contributed by atoms with E-state index in [0.29, 0.717) is 13.2 Å². The van der Waals surface area contributed by atoms with Gasteiger partial charge in [-0.25, -0.2) is 0 Å². The number of unbranched alkanes of at least 4 members (excludes halogenated alkanes) is 1. The van der Waals surface area contributed by atoms with Crippen molar-refractivity contribution >= 4 is 5.91 Å². The average Bonchev–Trinajstić information content (AvgIpc) is 2.42. The average molecular weight is 272 g/mol. The molecule has 1 amide bonds. The predicted molar refractivity (Wildman–Crippen MR) is 75.1 cm³/mol. The van der Waals surface area contributed by atoms with Gasteiger partial charge >= 0.3 is 0 Å². The molecule has 0 unspecified atom stereocenters. The standard InChI is InChI=1S/C14H28N2O3/c1-14(5-8-15-9-6-14)13(17)16-7-3-4-10-19-12-11-18-2/h15H,3-12H2,1-2H3,(H,16,17). The Kier molecular flexibility index (Phi) is 8.02. The maximum atomic E-state index is 12.1. The number of rotatable bonds is 9. The smallest absolute Gasteiger partial charge is 0.226 e. The molecule has 1 fully saturated rings. The fourth-order valence-electron chi connectivity index (χ4n) is 2.19. The van der Waals surface area contributed by atoms with Gasteiger partial charge in [-0.3, -0.25) is 4.79 Å². The van der Waals surface area contributed by atoms with Crippen molar-refractivity contribution in [3.63, 3.8) is 0 Å². The highest BCUT2D eigenvalue weighted by atomic mass is 16.5. The Hall–Kier alpha value is -0.650. The van der Waals surface area contributed by atoms with Crippen molar-refractivity contribution in [2.24, 2.45) is 5.41 Å². The number of hydrogen-bond donors (Lipinski definition) is 2. The van der Waals surface area contributed by atoms with Crippen LogP contribution in [0.5, 0.6) is 0 Å². The summed E-state index contributed by atoms with van der Waals surface area (Å²) in [5.74, 6) is 0.203. The van der Waals surface area contributed by atoms with Crippen LogP contribution in [0.1, 0.15) is 32.6 Å². The molecule has 1 aliphatic rings. The Balaban J connectivity index is 2.01. The number of ether oxygens (including phenoxy) is 2. The summed E-state index contributed by atoms with van der Waals surface area (Å²) in [6.07, 6.45) is 3.80. The van der Waals surface area contributed by atoms with Crippen molar-refractivity contribution < 1.29 is 14.3 Å². The highest BCUT2D eigenvalue weighted by Gasteiger charge is 2.33. The lowest BCUT2D eigenvalue weighted by Crippen LogP contribution is -2.46. The van der Waals surface area contributed by atoms with Crippen LogP contribution < -0.4 is 10.6 Å². The number of piperidine rings is 1. The summed E-state index contributed by atoms with van der Waals surface area (Å²) in [6, 6.07) is 0. The molecule has 1 heterocycles. The van der Waals surface area contributed by atoms with E-state index < -0.39 is 0 Å². The van der Waals surface area contributed by atoms with Gasteiger partial charge in [-0.2, -0.15) is 0 Å². The van der Waals surface area contributed by atoms with E-state index in [0.717, 1.165) is 51.9 Å². The van der Waals surface area contributed by atoms with Gasteiger partial charge < -0.3 is 20.1 Å². The summed E-state index contributed by atoms with van der Waals surface area (Å²) in [5, 5.41) is 6.34. The Morgan fingerprint density at radius 2 is 1.95 bits per heavy atom. The Morgan fingerprint density at radius 3 is 2.63 bits per heavy atom. The number of nitrogens with one attached hydrogen (secondary N) is 2. The van der Waals surface area contributed by atoms with E-state index in [1.165, 1.54) is 0 Å². The molecule has 19 heavy (non-hydrogen) atoms. The molecule has 5 nitrogen and oxygen atoms in total. The quantitative estimate of drug-likeness (QED) is 0.613. The van der Waals surface area contributed by atoms with Crippen LogP contribution in [0, 0.1) is 5.41 Å². The number of carbonyl (C=O) groups excluding carboxylic acids is 1. The van der Waals surface area contributed by atoms with Gasteiger partial charge in [-0.15, -0.1) is 0 Å². The number of hydrogen-bond acceptors (Lipinski definition) is 4. The summed E-state index contributed by atoms with van der Waals surface area (Å²) >= 11 is 0. The van der Waals surface area contributed by atoms with Crippen molar-refractivity contribution in [3.8, 4) is 0 Å². The molecule has 1 saturated heterocycles. The molecule has 5 heteroatoms. The molecule has 1 rings (SSSR count). The van der Waals surface area contributed by atoms with Gasteiger partial charge in [0.25, 0.3) is 0 Å². The molecule has 0 radical (unpaired) electrons. The zero-order valence-corrected chi connectivity index (χ0v) is 12.3. The van der Waals surface area contributed by atoms with Crippen molar-refractivity contribution in [1.82, 2.24) is 10.6 Å². The molecule has 0 spiro atoms. The van der Waals surface area contributed by atoms with Crippen molar-refractivity contribution in [1.29, 1.82) is 0 Å². The fourth-order valence-corrected chi connectivity index (χ4v) is 2.19. The number of amides is 1. The van der Waals surface area contributed by atoms with Crippen LogP contribution in [0.4, 0.5) is 0 Å². The molecule has 0 aliphatic carbocycles. The van der Waals surface area contributed by atoms with Gasteiger partial charge in [0.05, 0.1) is 13.2 Å². The highest BCUT2D eigenvalue weighted by Crippen LogP contribution is 2.27. The first-order chi connectivity index (χ1) is 9.19. The first-order valence-corrected chi connectivity index (χ1v) is 7.25. The molecule has 2 N–H and O–H groups in total. The molecule has 1 aliphatic heterocycles. The Morgan fingerprint density at radius 1 is 1.21 bits per heavy atom. The molecule has 0 saturated carbocycles. The van der Waals surface area contributed by atoms with Crippen molar-refractivity contribution in [2.75, 3.05) is 46.6 Å². The molecule has 0 atom stereocenters. The summed E-state index contributed by atoms with van der Waals surface area (Å²) < 4.78 is 10.3.